The molecular weight excluding hydrogens is 359 g/mol. The molecule has 1 unspecified atom stereocenters. The SMILES string of the molecule is Nc1cc(C2CC2)c2c(Nc3ccc(F)cc3OC3CCOC3)ncnc2c1. The molecule has 0 amide bonds. The number of nitrogen functional groups attached to an aromatic ring is 1. The van der Waals surface area contributed by atoms with Crippen LogP contribution < -0.4 is 15.8 Å². The molecule has 0 spiro atoms. The van der Waals surface area contributed by atoms with E-state index >= 15 is 0 Å². The fourth-order valence-electron chi connectivity index (χ4n) is 3.67. The number of rotatable bonds is 5. The maximum atomic E-state index is 13.9. The molecule has 1 aliphatic carbocycles. The number of halogens is 1. The van der Waals surface area contributed by atoms with E-state index in [-0.39, 0.29) is 11.9 Å². The van der Waals surface area contributed by atoms with E-state index < -0.39 is 0 Å². The van der Waals surface area contributed by atoms with E-state index in [1.165, 1.54) is 18.5 Å². The van der Waals surface area contributed by atoms with Gasteiger partial charge >= 0.3 is 0 Å². The minimum absolute atomic E-state index is 0.0775. The van der Waals surface area contributed by atoms with Crippen LogP contribution in [0.1, 0.15) is 30.7 Å². The lowest BCUT2D eigenvalue weighted by Crippen LogP contribution is -2.16. The summed E-state index contributed by atoms with van der Waals surface area (Å²) >= 11 is 0. The zero-order valence-electron chi connectivity index (χ0n) is 15.3. The molecule has 2 aliphatic rings. The number of fused-ring (bicyclic) bond motifs is 1. The lowest BCUT2D eigenvalue weighted by atomic mass is 10.0. The Bertz CT molecular complexity index is 1030. The number of nitrogens with one attached hydrogen (secondary N) is 1. The molecule has 144 valence electrons. The van der Waals surface area contributed by atoms with E-state index in [1.807, 2.05) is 12.1 Å². The molecule has 2 heterocycles. The van der Waals surface area contributed by atoms with Crippen molar-refractivity contribution in [3.8, 4) is 5.75 Å². The van der Waals surface area contributed by atoms with Gasteiger partial charge in [0.05, 0.1) is 24.4 Å². The number of hydrogen-bond acceptors (Lipinski definition) is 6. The molecule has 1 aromatic heterocycles. The average Bonchev–Trinajstić information content (AvgIpc) is 3.40. The van der Waals surface area contributed by atoms with Gasteiger partial charge in [-0.25, -0.2) is 14.4 Å². The summed E-state index contributed by atoms with van der Waals surface area (Å²) in [6, 6.07) is 8.33. The van der Waals surface area contributed by atoms with Crippen LogP contribution in [0.5, 0.6) is 5.75 Å². The second-order valence-electron chi connectivity index (χ2n) is 7.37. The maximum Gasteiger partial charge on any atom is 0.146 e. The minimum atomic E-state index is -0.349. The van der Waals surface area contributed by atoms with E-state index in [1.54, 1.807) is 6.07 Å². The van der Waals surface area contributed by atoms with Crippen molar-refractivity contribution in [2.75, 3.05) is 24.3 Å². The molecule has 2 fully saturated rings. The summed E-state index contributed by atoms with van der Waals surface area (Å²) in [5, 5.41) is 4.29. The van der Waals surface area contributed by atoms with Gasteiger partial charge < -0.3 is 20.5 Å². The number of aromatic nitrogens is 2. The first kappa shape index (κ1) is 17.2. The van der Waals surface area contributed by atoms with Gasteiger partial charge in [-0.05, 0) is 48.6 Å². The Morgan fingerprint density at radius 1 is 1.14 bits per heavy atom. The zero-order valence-corrected chi connectivity index (χ0v) is 15.3. The molecule has 5 rings (SSSR count). The van der Waals surface area contributed by atoms with Crippen LogP contribution >= 0.6 is 0 Å². The van der Waals surface area contributed by atoms with Crippen molar-refractivity contribution in [2.24, 2.45) is 0 Å². The monoisotopic (exact) mass is 380 g/mol. The Morgan fingerprint density at radius 3 is 2.82 bits per heavy atom. The lowest BCUT2D eigenvalue weighted by Gasteiger charge is -2.18. The number of ether oxygens (including phenoxy) is 2. The van der Waals surface area contributed by atoms with Crippen LogP contribution in [0.3, 0.4) is 0 Å². The first-order chi connectivity index (χ1) is 13.7. The van der Waals surface area contributed by atoms with Crippen LogP contribution in [-0.4, -0.2) is 29.3 Å². The molecule has 0 bridgehead atoms. The average molecular weight is 380 g/mol. The summed E-state index contributed by atoms with van der Waals surface area (Å²) in [5.41, 5.74) is 9.39. The Morgan fingerprint density at radius 2 is 2.04 bits per heavy atom. The summed E-state index contributed by atoms with van der Waals surface area (Å²) < 4.78 is 25.2. The third-order valence-electron chi connectivity index (χ3n) is 5.19. The second-order valence-corrected chi connectivity index (χ2v) is 7.37. The molecule has 3 aromatic rings. The molecule has 0 radical (unpaired) electrons. The van der Waals surface area contributed by atoms with Crippen LogP contribution in [-0.2, 0) is 4.74 Å². The molecule has 7 heteroatoms. The first-order valence-corrected chi connectivity index (χ1v) is 9.52. The molecule has 1 saturated carbocycles. The second kappa shape index (κ2) is 6.91. The Balaban J connectivity index is 1.55. The number of nitrogens with two attached hydrogens (primary N) is 1. The van der Waals surface area contributed by atoms with Gasteiger partial charge in [0.2, 0.25) is 0 Å². The van der Waals surface area contributed by atoms with E-state index in [2.05, 4.69) is 15.3 Å². The van der Waals surface area contributed by atoms with Crippen LogP contribution in [0.2, 0.25) is 0 Å². The fourth-order valence-corrected chi connectivity index (χ4v) is 3.67. The molecule has 1 aliphatic heterocycles. The number of hydrogen-bond donors (Lipinski definition) is 2. The van der Waals surface area contributed by atoms with Gasteiger partial charge in [-0.15, -0.1) is 0 Å². The van der Waals surface area contributed by atoms with Crippen LogP contribution in [0, 0.1) is 5.82 Å². The first-order valence-electron chi connectivity index (χ1n) is 9.52. The predicted molar refractivity (Wildman–Crippen MR) is 105 cm³/mol. The standard InChI is InChI=1S/C21H21FN4O2/c22-13-3-4-17(19(7-13)28-15-5-6-27-10-15)26-21-20-16(12-1-2-12)8-14(23)9-18(20)24-11-25-21/h3-4,7-9,11-12,15H,1-2,5-6,10,23H2,(H,24,25,26). The maximum absolute atomic E-state index is 13.9. The molecular formula is C21H21FN4O2. The summed E-state index contributed by atoms with van der Waals surface area (Å²) in [6.45, 7) is 1.17. The van der Waals surface area contributed by atoms with Gasteiger partial charge in [-0.1, -0.05) is 0 Å². The molecule has 1 atom stereocenters. The van der Waals surface area contributed by atoms with Crippen molar-refractivity contribution in [2.45, 2.75) is 31.3 Å². The zero-order chi connectivity index (χ0) is 19.1. The number of nitrogens with zero attached hydrogens (tertiary/aromatic N) is 2. The number of anilines is 3. The van der Waals surface area contributed by atoms with Gasteiger partial charge in [-0.3, -0.25) is 0 Å². The highest BCUT2D eigenvalue weighted by Gasteiger charge is 2.28. The number of benzene rings is 2. The quantitative estimate of drug-likeness (QED) is 0.648. The van der Waals surface area contributed by atoms with Crippen molar-refractivity contribution in [3.05, 3.63) is 48.0 Å². The van der Waals surface area contributed by atoms with Crippen LogP contribution in [0.4, 0.5) is 21.6 Å². The molecule has 28 heavy (non-hydrogen) atoms. The highest BCUT2D eigenvalue weighted by atomic mass is 19.1. The third-order valence-corrected chi connectivity index (χ3v) is 5.19. The van der Waals surface area contributed by atoms with Crippen molar-refractivity contribution in [1.29, 1.82) is 0 Å². The van der Waals surface area contributed by atoms with Crippen molar-refractivity contribution < 1.29 is 13.9 Å². The Kier molecular flexibility index (Phi) is 4.24. The van der Waals surface area contributed by atoms with Crippen molar-refractivity contribution >= 4 is 28.1 Å². The topological polar surface area (TPSA) is 82.3 Å². The largest absolute Gasteiger partial charge is 0.486 e. The summed E-state index contributed by atoms with van der Waals surface area (Å²) in [6.07, 6.45) is 4.50. The van der Waals surface area contributed by atoms with E-state index in [0.717, 1.165) is 35.7 Å². The smallest absolute Gasteiger partial charge is 0.146 e. The highest BCUT2D eigenvalue weighted by molar-refractivity contribution is 5.96. The van der Waals surface area contributed by atoms with Crippen molar-refractivity contribution in [3.63, 3.8) is 0 Å². The molecule has 2 aromatic carbocycles. The molecule has 3 N–H and O–H groups in total. The van der Waals surface area contributed by atoms with Gasteiger partial charge in [0.1, 0.15) is 29.8 Å². The van der Waals surface area contributed by atoms with Gasteiger partial charge in [0.15, 0.2) is 0 Å². The third kappa shape index (κ3) is 3.33. The van der Waals surface area contributed by atoms with Gasteiger partial charge in [0, 0.05) is 23.6 Å². The fraction of sp³-hybridized carbons (Fsp3) is 0.333. The Hall–Kier alpha value is -2.93. The lowest BCUT2D eigenvalue weighted by molar-refractivity contribution is 0.141. The van der Waals surface area contributed by atoms with Gasteiger partial charge in [-0.2, -0.15) is 0 Å². The summed E-state index contributed by atoms with van der Waals surface area (Å²) in [5.74, 6) is 1.26. The summed E-state index contributed by atoms with van der Waals surface area (Å²) in [4.78, 5) is 8.86. The molecule has 1 saturated heterocycles. The normalized spacial score (nSPS) is 19.1. The van der Waals surface area contributed by atoms with E-state index in [0.29, 0.717) is 42.1 Å². The Labute approximate surface area is 161 Å². The highest BCUT2D eigenvalue weighted by Crippen LogP contribution is 2.45. The minimum Gasteiger partial charge on any atom is -0.486 e. The van der Waals surface area contributed by atoms with E-state index in [9.17, 15) is 4.39 Å². The van der Waals surface area contributed by atoms with Gasteiger partial charge in [0.25, 0.3) is 0 Å². The van der Waals surface area contributed by atoms with E-state index in [4.69, 9.17) is 15.2 Å². The van der Waals surface area contributed by atoms with Crippen LogP contribution in [0.25, 0.3) is 10.9 Å². The summed E-state index contributed by atoms with van der Waals surface area (Å²) in [7, 11) is 0. The van der Waals surface area contributed by atoms with Crippen LogP contribution in [0.15, 0.2) is 36.7 Å². The van der Waals surface area contributed by atoms with Crippen molar-refractivity contribution in [1.82, 2.24) is 9.97 Å². The predicted octanol–water partition coefficient (Wildman–Crippen LogP) is 4.14. The molecule has 6 nitrogen and oxygen atoms in total.